The molecule has 0 fully saturated rings. The van der Waals surface area contributed by atoms with E-state index in [1.54, 1.807) is 12.1 Å². The van der Waals surface area contributed by atoms with Gasteiger partial charge in [-0.2, -0.15) is 0 Å². The number of urea groups is 1. The maximum Gasteiger partial charge on any atom is 0.319 e. The van der Waals surface area contributed by atoms with Crippen LogP contribution in [0.15, 0.2) is 18.3 Å². The van der Waals surface area contributed by atoms with Gasteiger partial charge in [0.1, 0.15) is 0 Å². The highest BCUT2D eigenvalue weighted by molar-refractivity contribution is 6.32. The Morgan fingerprint density at radius 3 is 2.78 bits per heavy atom. The highest BCUT2D eigenvalue weighted by atomic mass is 35.5. The molecule has 0 aliphatic heterocycles. The van der Waals surface area contributed by atoms with E-state index in [-0.39, 0.29) is 17.1 Å². The Labute approximate surface area is 112 Å². The van der Waals surface area contributed by atoms with Crippen LogP contribution in [-0.2, 0) is 0 Å². The number of pyridine rings is 1. The van der Waals surface area contributed by atoms with Gasteiger partial charge in [-0.25, -0.2) is 9.78 Å². The van der Waals surface area contributed by atoms with E-state index >= 15 is 0 Å². The quantitative estimate of drug-likeness (QED) is 0.738. The summed E-state index contributed by atoms with van der Waals surface area (Å²) in [5.74, 6) is 0. The number of aromatic nitrogens is 1. The predicted molar refractivity (Wildman–Crippen MR) is 71.7 cm³/mol. The molecule has 0 saturated heterocycles. The lowest BCUT2D eigenvalue weighted by Gasteiger charge is -2.25. The van der Waals surface area contributed by atoms with Crippen molar-refractivity contribution in [2.75, 3.05) is 11.9 Å². The molecule has 1 rings (SSSR count). The summed E-state index contributed by atoms with van der Waals surface area (Å²) in [5, 5.41) is 15.1. The van der Waals surface area contributed by atoms with Crippen LogP contribution in [0.5, 0.6) is 0 Å². The molecule has 3 N–H and O–H groups in total. The first-order chi connectivity index (χ1) is 8.30. The third-order valence-electron chi connectivity index (χ3n) is 2.46. The first kappa shape index (κ1) is 14.7. The second-order valence-electron chi connectivity index (χ2n) is 5.06. The average Bonchev–Trinajstić information content (AvgIpc) is 2.27. The Balaban J connectivity index is 2.46. The van der Waals surface area contributed by atoms with Crippen LogP contribution in [0.3, 0.4) is 0 Å². The Hall–Kier alpha value is -1.33. The first-order valence-corrected chi connectivity index (χ1v) is 6.02. The van der Waals surface area contributed by atoms with E-state index in [2.05, 4.69) is 15.6 Å². The van der Waals surface area contributed by atoms with Gasteiger partial charge in [0, 0.05) is 12.7 Å². The fraction of sp³-hybridized carbons (Fsp3) is 0.500. The summed E-state index contributed by atoms with van der Waals surface area (Å²) >= 11 is 5.80. The van der Waals surface area contributed by atoms with Gasteiger partial charge in [0.25, 0.3) is 0 Å². The lowest BCUT2D eigenvalue weighted by Crippen LogP contribution is -2.40. The molecule has 2 amide bonds. The average molecular weight is 272 g/mol. The number of nitrogens with one attached hydrogen (secondary N) is 2. The van der Waals surface area contributed by atoms with Crippen molar-refractivity contribution in [2.24, 2.45) is 5.41 Å². The highest BCUT2D eigenvalue weighted by Gasteiger charge is 2.22. The van der Waals surface area contributed by atoms with Crippen molar-refractivity contribution >= 4 is 23.3 Å². The zero-order valence-corrected chi connectivity index (χ0v) is 11.5. The summed E-state index contributed by atoms with van der Waals surface area (Å²) in [6.07, 6.45) is 0.919. The molecule has 100 valence electrons. The number of halogens is 1. The van der Waals surface area contributed by atoms with E-state index in [9.17, 15) is 9.90 Å². The number of carbonyl (C=O) groups is 1. The minimum absolute atomic E-state index is 0.174. The van der Waals surface area contributed by atoms with Crippen LogP contribution >= 0.6 is 11.6 Å². The van der Waals surface area contributed by atoms with Crippen molar-refractivity contribution < 1.29 is 9.90 Å². The van der Waals surface area contributed by atoms with Crippen molar-refractivity contribution in [1.82, 2.24) is 10.3 Å². The number of carbonyl (C=O) groups excluding carboxylic acids is 1. The summed E-state index contributed by atoms with van der Waals surface area (Å²) in [6, 6.07) is 2.90. The van der Waals surface area contributed by atoms with E-state index in [1.807, 2.05) is 20.8 Å². The molecule has 1 aromatic rings. The lowest BCUT2D eigenvalue weighted by molar-refractivity contribution is 0.0654. The van der Waals surface area contributed by atoms with E-state index < -0.39 is 12.1 Å². The molecule has 6 heteroatoms. The van der Waals surface area contributed by atoms with Gasteiger partial charge in [-0.05, 0) is 17.5 Å². The third-order valence-corrected chi connectivity index (χ3v) is 2.76. The van der Waals surface area contributed by atoms with Crippen molar-refractivity contribution in [2.45, 2.75) is 26.9 Å². The minimum Gasteiger partial charge on any atom is -0.391 e. The predicted octanol–water partition coefficient (Wildman–Crippen LogP) is 2.26. The standard InChI is InChI=1S/C12H18ClN3O2/c1-12(2,3)9(17)7-15-11(18)16-8-5-4-6-14-10(8)13/h4-6,9,17H,7H2,1-3H3,(H2,15,16,18). The van der Waals surface area contributed by atoms with E-state index in [0.717, 1.165) is 0 Å². The summed E-state index contributed by atoms with van der Waals surface area (Å²) in [7, 11) is 0. The number of aliphatic hydroxyl groups excluding tert-OH is 1. The van der Waals surface area contributed by atoms with Gasteiger partial charge < -0.3 is 15.7 Å². The van der Waals surface area contributed by atoms with Gasteiger partial charge in [0.2, 0.25) is 0 Å². The van der Waals surface area contributed by atoms with E-state index in [0.29, 0.717) is 5.69 Å². The van der Waals surface area contributed by atoms with Crippen LogP contribution in [0.4, 0.5) is 10.5 Å². The normalized spacial score (nSPS) is 12.9. The maximum absolute atomic E-state index is 11.6. The number of aliphatic hydroxyl groups is 1. The summed E-state index contributed by atoms with van der Waals surface area (Å²) in [5.41, 5.74) is 0.154. The number of hydrogen-bond acceptors (Lipinski definition) is 3. The molecular weight excluding hydrogens is 254 g/mol. The number of anilines is 1. The zero-order chi connectivity index (χ0) is 13.8. The molecule has 18 heavy (non-hydrogen) atoms. The van der Waals surface area contributed by atoms with Gasteiger partial charge in [-0.3, -0.25) is 0 Å². The van der Waals surface area contributed by atoms with Gasteiger partial charge in [0.05, 0.1) is 11.8 Å². The molecule has 1 heterocycles. The van der Waals surface area contributed by atoms with Crippen LogP contribution in [0, 0.1) is 5.41 Å². The Morgan fingerprint density at radius 1 is 1.56 bits per heavy atom. The maximum atomic E-state index is 11.6. The van der Waals surface area contributed by atoms with E-state index in [4.69, 9.17) is 11.6 Å². The van der Waals surface area contributed by atoms with Crippen LogP contribution in [0.1, 0.15) is 20.8 Å². The van der Waals surface area contributed by atoms with Crippen LogP contribution in [0.2, 0.25) is 5.15 Å². The smallest absolute Gasteiger partial charge is 0.319 e. The molecule has 0 spiro atoms. The first-order valence-electron chi connectivity index (χ1n) is 5.64. The van der Waals surface area contributed by atoms with Crippen LogP contribution in [-0.4, -0.2) is 28.8 Å². The number of rotatable bonds is 3. The molecule has 0 radical (unpaired) electrons. The molecule has 0 aliphatic rings. The second-order valence-corrected chi connectivity index (χ2v) is 5.42. The topological polar surface area (TPSA) is 74.2 Å². The molecule has 0 bridgehead atoms. The Morgan fingerprint density at radius 2 is 2.22 bits per heavy atom. The monoisotopic (exact) mass is 271 g/mol. The largest absolute Gasteiger partial charge is 0.391 e. The van der Waals surface area contributed by atoms with Gasteiger partial charge in [-0.1, -0.05) is 32.4 Å². The van der Waals surface area contributed by atoms with Crippen molar-refractivity contribution in [3.63, 3.8) is 0 Å². The molecule has 1 aromatic heterocycles. The highest BCUT2D eigenvalue weighted by Crippen LogP contribution is 2.19. The van der Waals surface area contributed by atoms with E-state index in [1.165, 1.54) is 6.20 Å². The van der Waals surface area contributed by atoms with Gasteiger partial charge in [-0.15, -0.1) is 0 Å². The van der Waals surface area contributed by atoms with Gasteiger partial charge >= 0.3 is 6.03 Å². The molecule has 5 nitrogen and oxygen atoms in total. The van der Waals surface area contributed by atoms with Crippen LogP contribution in [0.25, 0.3) is 0 Å². The Kier molecular flexibility index (Phi) is 4.93. The SMILES string of the molecule is CC(C)(C)C(O)CNC(=O)Nc1cccnc1Cl. The molecule has 1 atom stereocenters. The number of nitrogens with zero attached hydrogens (tertiary/aromatic N) is 1. The zero-order valence-electron chi connectivity index (χ0n) is 10.7. The fourth-order valence-electron chi connectivity index (χ4n) is 1.14. The molecule has 0 aliphatic carbocycles. The molecule has 0 aromatic carbocycles. The summed E-state index contributed by atoms with van der Waals surface area (Å²) in [4.78, 5) is 15.4. The molecule has 0 saturated carbocycles. The van der Waals surface area contributed by atoms with Gasteiger partial charge in [0.15, 0.2) is 5.15 Å². The summed E-state index contributed by atoms with van der Waals surface area (Å²) < 4.78 is 0. The third kappa shape index (κ3) is 4.50. The Bertz CT molecular complexity index is 418. The number of amides is 2. The summed E-state index contributed by atoms with van der Waals surface area (Å²) in [6.45, 7) is 5.87. The number of hydrogen-bond donors (Lipinski definition) is 3. The van der Waals surface area contributed by atoms with Crippen molar-refractivity contribution in [3.05, 3.63) is 23.5 Å². The molecule has 1 unspecified atom stereocenters. The van der Waals surface area contributed by atoms with Crippen LogP contribution < -0.4 is 10.6 Å². The van der Waals surface area contributed by atoms with Crippen molar-refractivity contribution in [3.8, 4) is 0 Å². The van der Waals surface area contributed by atoms with Crippen molar-refractivity contribution in [1.29, 1.82) is 0 Å². The lowest BCUT2D eigenvalue weighted by atomic mass is 9.89. The molecular formula is C12H18ClN3O2. The fourth-order valence-corrected chi connectivity index (χ4v) is 1.31. The second kappa shape index (κ2) is 6.02. The minimum atomic E-state index is -0.618.